The molecule has 7 nitrogen and oxygen atoms in total. The molecule has 2 aliphatic rings. The molecule has 0 spiro atoms. The first-order chi connectivity index (χ1) is 18.8. The van der Waals surface area contributed by atoms with Crippen molar-refractivity contribution in [1.82, 2.24) is 19.9 Å². The number of hydrogen-bond donors (Lipinski definition) is 1. The van der Waals surface area contributed by atoms with Crippen LogP contribution in [0.15, 0.2) is 24.5 Å². The highest BCUT2D eigenvalue weighted by atomic mass is 19.1. The number of morpholine rings is 1. The molecule has 0 saturated carbocycles. The number of nitrogens with zero attached hydrogens (tertiary/aromatic N) is 4. The number of benzene rings is 1. The highest BCUT2D eigenvalue weighted by molar-refractivity contribution is 5.88. The molecule has 2 aromatic heterocycles. The van der Waals surface area contributed by atoms with Crippen molar-refractivity contribution in [3.05, 3.63) is 47.3 Å². The van der Waals surface area contributed by atoms with Gasteiger partial charge in [0, 0.05) is 49.0 Å². The fourth-order valence-electron chi connectivity index (χ4n) is 5.08. The van der Waals surface area contributed by atoms with Crippen molar-refractivity contribution in [2.24, 2.45) is 0 Å². The molecule has 5 rings (SSSR count). The minimum atomic E-state index is -0.654. The standard InChI is InChI=1S/C23H27F2N5O.C5H10O.C2H6/c1-12(2)20-16(9-30-13(3)10-31-11-14(30)4)7-27-22-17(20)5-15(6-18(22)24)21-19(25)8-28-23(26)29-21;1-2-4-6-5-3-1;1-2/h5-8,12-14H,9-11H2,1-4H3,(H2,26,28,29);1-5H2;1-2H3. The van der Waals surface area contributed by atoms with Gasteiger partial charge in [0.25, 0.3) is 0 Å². The molecule has 214 valence electrons. The van der Waals surface area contributed by atoms with E-state index in [0.717, 1.165) is 30.5 Å². The van der Waals surface area contributed by atoms with Crippen molar-refractivity contribution >= 4 is 16.9 Å². The Balaban J connectivity index is 0.000000457. The van der Waals surface area contributed by atoms with Crippen LogP contribution in [0.4, 0.5) is 14.7 Å². The lowest BCUT2D eigenvalue weighted by Crippen LogP contribution is -2.49. The summed E-state index contributed by atoms with van der Waals surface area (Å²) in [5, 5.41) is 0.660. The van der Waals surface area contributed by atoms with Crippen LogP contribution in [0.2, 0.25) is 0 Å². The Labute approximate surface area is 231 Å². The molecule has 0 bridgehead atoms. The van der Waals surface area contributed by atoms with Crippen LogP contribution in [0, 0.1) is 11.6 Å². The monoisotopic (exact) mass is 543 g/mol. The van der Waals surface area contributed by atoms with Gasteiger partial charge in [-0.25, -0.2) is 18.7 Å². The van der Waals surface area contributed by atoms with Crippen LogP contribution in [-0.2, 0) is 16.0 Å². The average molecular weight is 544 g/mol. The predicted molar refractivity (Wildman–Crippen MR) is 152 cm³/mol. The fraction of sp³-hybridized carbons (Fsp3) is 0.567. The van der Waals surface area contributed by atoms with Gasteiger partial charge >= 0.3 is 0 Å². The van der Waals surface area contributed by atoms with Gasteiger partial charge in [0.05, 0.1) is 19.4 Å². The first-order valence-corrected chi connectivity index (χ1v) is 14.1. The zero-order valence-electron chi connectivity index (χ0n) is 24.1. The molecule has 2 fully saturated rings. The van der Waals surface area contributed by atoms with Crippen molar-refractivity contribution in [3.63, 3.8) is 0 Å². The zero-order valence-corrected chi connectivity index (χ0v) is 24.1. The summed E-state index contributed by atoms with van der Waals surface area (Å²) >= 11 is 0. The molecular formula is C30H43F2N5O2. The van der Waals surface area contributed by atoms with Crippen molar-refractivity contribution in [3.8, 4) is 11.3 Å². The molecule has 2 atom stereocenters. The van der Waals surface area contributed by atoms with E-state index in [-0.39, 0.29) is 35.2 Å². The second-order valence-electron chi connectivity index (χ2n) is 10.2. The second kappa shape index (κ2) is 14.6. The number of aromatic nitrogens is 3. The number of rotatable bonds is 4. The van der Waals surface area contributed by atoms with E-state index in [1.807, 2.05) is 13.8 Å². The largest absolute Gasteiger partial charge is 0.381 e. The molecule has 2 N–H and O–H groups in total. The third-order valence-electron chi connectivity index (χ3n) is 6.94. The van der Waals surface area contributed by atoms with Crippen LogP contribution >= 0.6 is 0 Å². The Morgan fingerprint density at radius 2 is 1.62 bits per heavy atom. The number of fused-ring (bicyclic) bond motifs is 1. The maximum atomic E-state index is 15.0. The molecule has 0 aliphatic carbocycles. The minimum Gasteiger partial charge on any atom is -0.381 e. The third kappa shape index (κ3) is 7.68. The van der Waals surface area contributed by atoms with Crippen molar-refractivity contribution in [2.45, 2.75) is 85.4 Å². The van der Waals surface area contributed by atoms with E-state index >= 15 is 4.39 Å². The summed E-state index contributed by atoms with van der Waals surface area (Å²) in [4.78, 5) is 14.5. The summed E-state index contributed by atoms with van der Waals surface area (Å²) in [6.45, 7) is 16.4. The third-order valence-corrected chi connectivity index (χ3v) is 6.94. The molecule has 2 unspecified atom stereocenters. The highest BCUT2D eigenvalue weighted by Gasteiger charge is 2.27. The first-order valence-electron chi connectivity index (χ1n) is 14.1. The minimum absolute atomic E-state index is 0.0242. The number of hydrogen-bond acceptors (Lipinski definition) is 7. The van der Waals surface area contributed by atoms with E-state index in [1.54, 1.807) is 12.3 Å². The highest BCUT2D eigenvalue weighted by Crippen LogP contribution is 2.34. The number of nitrogen functional groups attached to an aromatic ring is 1. The molecule has 1 aromatic carbocycles. The van der Waals surface area contributed by atoms with Gasteiger partial charge in [0.15, 0.2) is 5.82 Å². The van der Waals surface area contributed by atoms with E-state index in [2.05, 4.69) is 47.5 Å². The van der Waals surface area contributed by atoms with Gasteiger partial charge < -0.3 is 15.2 Å². The Bertz CT molecular complexity index is 1200. The zero-order chi connectivity index (χ0) is 28.5. The van der Waals surface area contributed by atoms with Gasteiger partial charge in [-0.05, 0) is 62.3 Å². The summed E-state index contributed by atoms with van der Waals surface area (Å²) in [5.74, 6) is -1.13. The second-order valence-corrected chi connectivity index (χ2v) is 10.2. The molecule has 0 radical (unpaired) electrons. The maximum absolute atomic E-state index is 15.0. The molecule has 2 aliphatic heterocycles. The van der Waals surface area contributed by atoms with Gasteiger partial charge in [-0.15, -0.1) is 0 Å². The number of halogens is 2. The van der Waals surface area contributed by atoms with Gasteiger partial charge in [-0.2, -0.15) is 0 Å². The molecular weight excluding hydrogens is 500 g/mol. The summed E-state index contributed by atoms with van der Waals surface area (Å²) in [6, 6.07) is 3.53. The maximum Gasteiger partial charge on any atom is 0.220 e. The number of nitrogens with two attached hydrogens (primary N) is 1. The van der Waals surface area contributed by atoms with Gasteiger partial charge in [0.1, 0.15) is 17.0 Å². The summed E-state index contributed by atoms with van der Waals surface area (Å²) in [6.07, 6.45) is 6.69. The van der Waals surface area contributed by atoms with Crippen LogP contribution < -0.4 is 5.73 Å². The molecule has 9 heteroatoms. The fourth-order valence-corrected chi connectivity index (χ4v) is 5.08. The van der Waals surface area contributed by atoms with Gasteiger partial charge in [-0.3, -0.25) is 9.88 Å². The predicted octanol–water partition coefficient (Wildman–Crippen LogP) is 6.50. The Kier molecular flexibility index (Phi) is 11.5. The Morgan fingerprint density at radius 3 is 2.18 bits per heavy atom. The van der Waals surface area contributed by atoms with Gasteiger partial charge in [0.2, 0.25) is 5.95 Å². The topological polar surface area (TPSA) is 86.4 Å². The van der Waals surface area contributed by atoms with Crippen LogP contribution in [0.1, 0.15) is 77.8 Å². The van der Waals surface area contributed by atoms with E-state index < -0.39 is 11.6 Å². The first kappa shape index (κ1) is 30.8. The summed E-state index contributed by atoms with van der Waals surface area (Å²) < 4.78 is 40.1. The lowest BCUT2D eigenvalue weighted by Gasteiger charge is -2.39. The van der Waals surface area contributed by atoms with Crippen LogP contribution in [0.3, 0.4) is 0 Å². The van der Waals surface area contributed by atoms with Crippen LogP contribution in [0.25, 0.3) is 22.2 Å². The normalized spacial score (nSPS) is 19.7. The SMILES string of the molecule is C1CCOCC1.CC.CC(C)c1c(CN2C(C)COCC2C)cnc2c(F)cc(-c3nc(N)ncc3F)cc12. The Morgan fingerprint density at radius 1 is 0.949 bits per heavy atom. The quantitative estimate of drug-likeness (QED) is 0.402. The number of ether oxygens (including phenoxy) is 2. The molecule has 39 heavy (non-hydrogen) atoms. The average Bonchev–Trinajstić information content (AvgIpc) is 2.94. The van der Waals surface area contributed by atoms with E-state index in [0.29, 0.717) is 30.7 Å². The molecule has 4 heterocycles. The smallest absolute Gasteiger partial charge is 0.220 e. The van der Waals surface area contributed by atoms with Gasteiger partial charge in [-0.1, -0.05) is 27.7 Å². The molecule has 2 saturated heterocycles. The summed E-state index contributed by atoms with van der Waals surface area (Å²) in [5.41, 5.74) is 8.22. The van der Waals surface area contributed by atoms with E-state index in [9.17, 15) is 4.39 Å². The molecule has 0 amide bonds. The lowest BCUT2D eigenvalue weighted by atomic mass is 9.91. The lowest BCUT2D eigenvalue weighted by molar-refractivity contribution is -0.0411. The van der Waals surface area contributed by atoms with Crippen molar-refractivity contribution < 1.29 is 18.3 Å². The Hall–Kier alpha value is -2.75. The van der Waals surface area contributed by atoms with Crippen LogP contribution in [-0.4, -0.2) is 58.4 Å². The van der Waals surface area contributed by atoms with Crippen LogP contribution in [0.5, 0.6) is 0 Å². The van der Waals surface area contributed by atoms with E-state index in [1.165, 1.54) is 25.3 Å². The summed E-state index contributed by atoms with van der Waals surface area (Å²) in [7, 11) is 0. The number of anilines is 1. The molecule has 3 aromatic rings. The van der Waals surface area contributed by atoms with Crippen molar-refractivity contribution in [1.29, 1.82) is 0 Å². The van der Waals surface area contributed by atoms with E-state index in [4.69, 9.17) is 15.2 Å². The number of pyridine rings is 1. The van der Waals surface area contributed by atoms with Crippen molar-refractivity contribution in [2.75, 3.05) is 32.2 Å².